The van der Waals surface area contributed by atoms with Gasteiger partial charge in [-0.05, 0) is 38.5 Å². The van der Waals surface area contributed by atoms with E-state index >= 15 is 0 Å². The summed E-state index contributed by atoms with van der Waals surface area (Å²) in [6.45, 7) is 6.21. The van der Waals surface area contributed by atoms with Crippen LogP contribution in [-0.4, -0.2) is 41.0 Å². The van der Waals surface area contributed by atoms with Gasteiger partial charge in [-0.15, -0.1) is 0 Å². The summed E-state index contributed by atoms with van der Waals surface area (Å²) in [6.07, 6.45) is -0.892. The van der Waals surface area contributed by atoms with Gasteiger partial charge in [-0.1, -0.05) is 42.5 Å². The van der Waals surface area contributed by atoms with Crippen LogP contribution in [0.15, 0.2) is 54.6 Å². The maximum absolute atomic E-state index is 13.1. The molecule has 0 aliphatic carbocycles. The number of fused-ring (bicyclic) bond motifs is 1. The maximum Gasteiger partial charge on any atom is 0.333 e. The minimum atomic E-state index is -1.01. The van der Waals surface area contributed by atoms with Crippen molar-refractivity contribution in [1.29, 1.82) is 0 Å². The zero-order chi connectivity index (χ0) is 23.4. The lowest BCUT2D eigenvalue weighted by molar-refractivity contribution is -0.149. The maximum atomic E-state index is 13.1. The van der Waals surface area contributed by atoms with Crippen LogP contribution in [0.1, 0.15) is 35.5 Å². The van der Waals surface area contributed by atoms with Crippen LogP contribution in [0.5, 0.6) is 11.5 Å². The van der Waals surface area contributed by atoms with E-state index in [1.54, 1.807) is 25.1 Å². The number of nitrogens with one attached hydrogen (secondary N) is 1. The Labute approximate surface area is 192 Å². The first-order valence-corrected chi connectivity index (χ1v) is 10.9. The monoisotopic (exact) mass is 449 g/mol. The number of esters is 1. The predicted octanol–water partition coefficient (Wildman–Crippen LogP) is 3.11. The molecule has 0 unspecified atom stereocenters. The van der Waals surface area contributed by atoms with Gasteiger partial charge in [0.25, 0.3) is 5.91 Å². The first kappa shape index (κ1) is 22.4. The quantitative estimate of drug-likeness (QED) is 0.558. The minimum absolute atomic E-state index is 0.0453. The summed E-state index contributed by atoms with van der Waals surface area (Å²) >= 11 is 0. The van der Waals surface area contributed by atoms with Crippen LogP contribution in [-0.2, 0) is 20.9 Å². The van der Waals surface area contributed by atoms with Gasteiger partial charge in [-0.25, -0.2) is 4.79 Å². The summed E-state index contributed by atoms with van der Waals surface area (Å²) in [6, 6.07) is 16.0. The minimum Gasteiger partial charge on any atom is -0.485 e. The van der Waals surface area contributed by atoms with Crippen molar-refractivity contribution in [3.05, 3.63) is 77.1 Å². The largest absolute Gasteiger partial charge is 0.485 e. The molecule has 33 heavy (non-hydrogen) atoms. The van der Waals surface area contributed by atoms with Gasteiger partial charge in [0.15, 0.2) is 17.5 Å². The smallest absolute Gasteiger partial charge is 0.333 e. The van der Waals surface area contributed by atoms with Crippen LogP contribution in [0.3, 0.4) is 0 Å². The van der Waals surface area contributed by atoms with E-state index in [1.807, 2.05) is 54.9 Å². The number of hydrogen-bond donors (Lipinski definition) is 1. The van der Waals surface area contributed by atoms with Gasteiger partial charge in [0.1, 0.15) is 6.61 Å². The molecular formula is C25H27N3O5. The predicted molar refractivity (Wildman–Crippen MR) is 121 cm³/mol. The molecule has 8 nitrogen and oxygen atoms in total. The molecule has 0 saturated heterocycles. The van der Waals surface area contributed by atoms with Gasteiger partial charge in [-0.2, -0.15) is 5.10 Å². The molecule has 1 amide bonds. The molecule has 0 fully saturated rings. The fraction of sp³-hybridized carbons (Fsp3) is 0.320. The van der Waals surface area contributed by atoms with Crippen molar-refractivity contribution in [2.24, 2.45) is 0 Å². The van der Waals surface area contributed by atoms with Gasteiger partial charge in [0, 0.05) is 11.3 Å². The van der Waals surface area contributed by atoms with Crippen molar-refractivity contribution >= 4 is 11.9 Å². The standard InChI is InChI=1S/C25H27N3O5/c1-4-31-25(30)23(26-24(29)21-15-32-19-12-8-9-13-20(19)33-21)22-16(2)27-28(17(22)3)14-18-10-6-5-7-11-18/h5-13,21,23H,4,14-15H2,1-3H3,(H,26,29)/t21-,23-/m1/s1. The average molecular weight is 450 g/mol. The summed E-state index contributed by atoms with van der Waals surface area (Å²) in [4.78, 5) is 26.0. The van der Waals surface area contributed by atoms with E-state index < -0.39 is 24.0 Å². The van der Waals surface area contributed by atoms with Crippen LogP contribution in [0.25, 0.3) is 0 Å². The number of hydrogen-bond acceptors (Lipinski definition) is 6. The number of amides is 1. The highest BCUT2D eigenvalue weighted by Crippen LogP contribution is 2.31. The Morgan fingerprint density at radius 2 is 1.82 bits per heavy atom. The molecule has 2 heterocycles. The fourth-order valence-corrected chi connectivity index (χ4v) is 3.90. The molecule has 2 aromatic carbocycles. The Morgan fingerprint density at radius 3 is 2.55 bits per heavy atom. The Bertz CT molecular complexity index is 1140. The summed E-state index contributed by atoms with van der Waals surface area (Å²) in [5.74, 6) is 0.0580. The fourth-order valence-electron chi connectivity index (χ4n) is 3.90. The Hall–Kier alpha value is -3.81. The zero-order valence-corrected chi connectivity index (χ0v) is 18.9. The highest BCUT2D eigenvalue weighted by Gasteiger charge is 2.34. The van der Waals surface area contributed by atoms with Crippen LogP contribution >= 0.6 is 0 Å². The molecule has 4 rings (SSSR count). The number of carbonyl (C=O) groups excluding carboxylic acids is 2. The van der Waals surface area contributed by atoms with Crippen LogP contribution in [0.2, 0.25) is 0 Å². The molecule has 1 aromatic heterocycles. The van der Waals surface area contributed by atoms with E-state index in [4.69, 9.17) is 14.2 Å². The molecule has 1 aliphatic heterocycles. The highest BCUT2D eigenvalue weighted by molar-refractivity contribution is 5.88. The summed E-state index contributed by atoms with van der Waals surface area (Å²) in [5, 5.41) is 7.43. The van der Waals surface area contributed by atoms with Crippen LogP contribution < -0.4 is 14.8 Å². The second kappa shape index (κ2) is 9.77. The van der Waals surface area contributed by atoms with Gasteiger partial charge in [0.05, 0.1) is 18.8 Å². The second-order valence-corrected chi connectivity index (χ2v) is 7.79. The van der Waals surface area contributed by atoms with E-state index in [9.17, 15) is 9.59 Å². The lowest BCUT2D eigenvalue weighted by Crippen LogP contribution is -2.47. The summed E-state index contributed by atoms with van der Waals surface area (Å²) in [5.41, 5.74) is 3.13. The molecule has 8 heteroatoms. The highest BCUT2D eigenvalue weighted by atomic mass is 16.6. The topological polar surface area (TPSA) is 91.7 Å². The number of carbonyl (C=O) groups is 2. The number of para-hydroxylation sites is 2. The number of rotatable bonds is 7. The van der Waals surface area contributed by atoms with Crippen LogP contribution in [0, 0.1) is 13.8 Å². The number of benzene rings is 2. The molecular weight excluding hydrogens is 422 g/mol. The number of nitrogens with zero attached hydrogens (tertiary/aromatic N) is 2. The summed E-state index contributed by atoms with van der Waals surface area (Å²) in [7, 11) is 0. The molecule has 0 radical (unpaired) electrons. The zero-order valence-electron chi connectivity index (χ0n) is 18.9. The lowest BCUT2D eigenvalue weighted by Gasteiger charge is -2.27. The van der Waals surface area contributed by atoms with Crippen molar-refractivity contribution in [2.45, 2.75) is 39.5 Å². The number of ether oxygens (including phenoxy) is 3. The van der Waals surface area contributed by atoms with Crippen molar-refractivity contribution in [3.63, 3.8) is 0 Å². The molecule has 0 spiro atoms. The SMILES string of the molecule is CCOC(=O)[C@H](NC(=O)[C@H]1COc2ccccc2O1)c1c(C)nn(Cc2ccccc2)c1C. The lowest BCUT2D eigenvalue weighted by atomic mass is 10.0. The van der Waals surface area contributed by atoms with Gasteiger partial charge in [0.2, 0.25) is 6.10 Å². The van der Waals surface area contributed by atoms with Crippen molar-refractivity contribution in [2.75, 3.05) is 13.2 Å². The van der Waals surface area contributed by atoms with E-state index in [1.165, 1.54) is 0 Å². The Morgan fingerprint density at radius 1 is 1.12 bits per heavy atom. The molecule has 1 N–H and O–H groups in total. The van der Waals surface area contributed by atoms with Crippen LogP contribution in [0.4, 0.5) is 0 Å². The second-order valence-electron chi connectivity index (χ2n) is 7.79. The molecule has 3 aromatic rings. The third-order valence-electron chi connectivity index (χ3n) is 5.51. The third kappa shape index (κ3) is 4.84. The van der Waals surface area contributed by atoms with E-state index in [-0.39, 0.29) is 13.2 Å². The first-order chi connectivity index (χ1) is 16.0. The van der Waals surface area contributed by atoms with Gasteiger partial charge >= 0.3 is 5.97 Å². The third-order valence-corrected chi connectivity index (χ3v) is 5.51. The molecule has 0 saturated carbocycles. The molecule has 172 valence electrons. The average Bonchev–Trinajstić information content (AvgIpc) is 3.10. The van der Waals surface area contributed by atoms with E-state index in [0.717, 1.165) is 11.3 Å². The van der Waals surface area contributed by atoms with E-state index in [2.05, 4.69) is 10.4 Å². The normalized spacial score (nSPS) is 15.5. The van der Waals surface area contributed by atoms with Crippen molar-refractivity contribution in [3.8, 4) is 11.5 Å². The summed E-state index contributed by atoms with van der Waals surface area (Å²) < 4.78 is 18.6. The number of aromatic nitrogens is 2. The molecule has 0 bridgehead atoms. The van der Waals surface area contributed by atoms with Crippen molar-refractivity contribution < 1.29 is 23.8 Å². The van der Waals surface area contributed by atoms with Gasteiger partial charge < -0.3 is 19.5 Å². The number of aryl methyl sites for hydroxylation is 1. The van der Waals surface area contributed by atoms with Crippen molar-refractivity contribution in [1.82, 2.24) is 15.1 Å². The van der Waals surface area contributed by atoms with Gasteiger partial charge in [-0.3, -0.25) is 9.48 Å². The van der Waals surface area contributed by atoms with E-state index in [0.29, 0.717) is 29.3 Å². The molecule has 1 aliphatic rings. The first-order valence-electron chi connectivity index (χ1n) is 10.9. The Balaban J connectivity index is 1.58. The molecule has 2 atom stereocenters. The Kier molecular flexibility index (Phi) is 6.63.